The number of nitrogens with zero attached hydrogens (tertiary/aromatic N) is 2. The van der Waals surface area contributed by atoms with E-state index < -0.39 is 11.9 Å². The molecule has 310 valence electrons. The van der Waals surface area contributed by atoms with Crippen molar-refractivity contribution in [3.8, 4) is 0 Å². The maximum atomic E-state index is 13.9. The van der Waals surface area contributed by atoms with Gasteiger partial charge in [0.1, 0.15) is 5.00 Å². The van der Waals surface area contributed by atoms with E-state index in [1.54, 1.807) is 30.3 Å². The molecule has 0 saturated heterocycles. The van der Waals surface area contributed by atoms with E-state index in [0.717, 1.165) is 97.2 Å². The van der Waals surface area contributed by atoms with Gasteiger partial charge in [-0.05, 0) is 135 Å². The molecule has 7 rings (SSSR count). The molecule has 4 aromatic carbocycles. The van der Waals surface area contributed by atoms with Gasteiger partial charge in [0.25, 0.3) is 11.8 Å². The van der Waals surface area contributed by atoms with Crippen molar-refractivity contribution < 1.29 is 29.4 Å². The highest BCUT2D eigenvalue weighted by atomic mass is 35.5. The Morgan fingerprint density at radius 3 is 1.90 bits per heavy atom. The predicted octanol–water partition coefficient (Wildman–Crippen LogP) is 9.25. The number of rotatable bonds is 17. The number of fused-ring (bicyclic) bond motifs is 1. The average molecular weight is 858 g/mol. The van der Waals surface area contributed by atoms with Crippen molar-refractivity contribution in [2.24, 2.45) is 0 Å². The first-order valence-corrected chi connectivity index (χ1v) is 20.4. The van der Waals surface area contributed by atoms with Crippen molar-refractivity contribution in [3.63, 3.8) is 0 Å². The number of likely N-dealkylation sites (N-methyl/N-ethyl adjacent to an activating group) is 1. The zero-order valence-electron chi connectivity index (χ0n) is 32.9. The number of hydrogen-bond donors (Lipinski definition) is 4. The van der Waals surface area contributed by atoms with Gasteiger partial charge in [0.15, 0.2) is 0 Å². The lowest BCUT2D eigenvalue weighted by molar-refractivity contribution is 0.0686. The quantitative estimate of drug-likeness (QED) is 0.0726. The molecular formula is C46H50Cl2N4O6S. The van der Waals surface area contributed by atoms with Crippen molar-refractivity contribution >= 4 is 70.6 Å². The Morgan fingerprint density at radius 2 is 1.25 bits per heavy atom. The normalized spacial score (nSPS) is 13.2. The summed E-state index contributed by atoms with van der Waals surface area (Å²) in [5.41, 5.74) is 7.53. The summed E-state index contributed by atoms with van der Waals surface area (Å²) in [4.78, 5) is 56.1. The fourth-order valence-corrected chi connectivity index (χ4v) is 8.77. The molecule has 1 heterocycles. The number of hydrogen-bond acceptors (Lipinski definition) is 7. The molecule has 5 aromatic rings. The first-order chi connectivity index (χ1) is 27.6. The Morgan fingerprint density at radius 1 is 0.661 bits per heavy atom. The first-order valence-electron chi connectivity index (χ1n) is 19.6. The van der Waals surface area contributed by atoms with Gasteiger partial charge in [0.05, 0.1) is 16.7 Å². The second-order valence-electron chi connectivity index (χ2n) is 15.2. The van der Waals surface area contributed by atoms with Crippen LogP contribution in [0.3, 0.4) is 0 Å². The highest BCUT2D eigenvalue weighted by molar-refractivity contribution is 7.17. The van der Waals surface area contributed by atoms with E-state index >= 15 is 0 Å². The lowest BCUT2D eigenvalue weighted by Crippen LogP contribution is -2.34. The number of carboxylic acid groups (broad SMARTS) is 2. The van der Waals surface area contributed by atoms with Crippen molar-refractivity contribution in [1.82, 2.24) is 9.80 Å². The van der Waals surface area contributed by atoms with Gasteiger partial charge in [-0.2, -0.15) is 0 Å². The standard InChI is InChI=1S/C46H48N4O6S.2ClH/c1-49(28-32-6-5-9-36(27-32)46(55)56)24-25-50(38-22-23-38)29-33-7-4-8-35(26-33)42(51)48-44-41(39-10-2-3-11-40(39)57-44)43(52)47-37-20-16-31(17-21-37)13-12-30-14-18-34(19-15-30)45(53)54;;/h4-9,14-21,26-27,38H,2-3,10-13,22-25,28-29H2,1H3,(H,47,52)(H,48,51)(H,53,54)(H,55,56);2*1H. The monoisotopic (exact) mass is 856 g/mol. The number of halogens is 2. The van der Waals surface area contributed by atoms with Crippen LogP contribution in [0.1, 0.15) is 99.8 Å². The van der Waals surface area contributed by atoms with Gasteiger partial charge in [-0.15, -0.1) is 36.2 Å². The lowest BCUT2D eigenvalue weighted by atomic mass is 9.95. The highest BCUT2D eigenvalue weighted by Gasteiger charge is 2.30. The summed E-state index contributed by atoms with van der Waals surface area (Å²) in [5, 5.41) is 25.3. The third kappa shape index (κ3) is 12.0. The molecule has 0 aliphatic heterocycles. The summed E-state index contributed by atoms with van der Waals surface area (Å²) >= 11 is 1.50. The molecule has 1 saturated carbocycles. The predicted molar refractivity (Wildman–Crippen MR) is 238 cm³/mol. The molecule has 0 unspecified atom stereocenters. The lowest BCUT2D eigenvalue weighted by Gasteiger charge is -2.26. The topological polar surface area (TPSA) is 139 Å². The molecule has 0 radical (unpaired) electrons. The maximum Gasteiger partial charge on any atom is 0.335 e. The second-order valence-corrected chi connectivity index (χ2v) is 16.3. The van der Waals surface area contributed by atoms with Gasteiger partial charge in [0, 0.05) is 48.3 Å². The molecule has 1 fully saturated rings. The summed E-state index contributed by atoms with van der Waals surface area (Å²) in [7, 11) is 2.05. The van der Waals surface area contributed by atoms with Crippen molar-refractivity contribution in [1.29, 1.82) is 0 Å². The van der Waals surface area contributed by atoms with Gasteiger partial charge in [-0.1, -0.05) is 48.5 Å². The Balaban J connectivity index is 0.00000331. The Labute approximate surface area is 361 Å². The minimum Gasteiger partial charge on any atom is -0.478 e. The van der Waals surface area contributed by atoms with E-state index in [4.69, 9.17) is 5.11 Å². The average Bonchev–Trinajstić information content (AvgIpc) is 4.00. The molecule has 2 amide bonds. The minimum absolute atomic E-state index is 0. The zero-order valence-corrected chi connectivity index (χ0v) is 35.4. The summed E-state index contributed by atoms with van der Waals surface area (Å²) < 4.78 is 0. The van der Waals surface area contributed by atoms with Crippen molar-refractivity contribution in [2.75, 3.05) is 30.8 Å². The van der Waals surface area contributed by atoms with Crippen LogP contribution in [0.5, 0.6) is 0 Å². The molecule has 13 heteroatoms. The van der Waals surface area contributed by atoms with Crippen LogP contribution >= 0.6 is 36.2 Å². The number of carbonyl (C=O) groups is 4. The van der Waals surface area contributed by atoms with E-state index in [2.05, 4.69) is 26.5 Å². The van der Waals surface area contributed by atoms with Gasteiger partial charge in [-0.3, -0.25) is 14.5 Å². The second kappa shape index (κ2) is 20.8. The molecule has 2 aliphatic rings. The first kappa shape index (κ1) is 45.1. The number of nitrogens with one attached hydrogen (secondary N) is 2. The smallest absolute Gasteiger partial charge is 0.335 e. The number of benzene rings is 4. The highest BCUT2D eigenvalue weighted by Crippen LogP contribution is 2.39. The Hall–Kier alpha value is -5.04. The largest absolute Gasteiger partial charge is 0.478 e. The SMILES string of the molecule is CN(CCN(Cc1cccc(C(=O)Nc2sc3c(c2C(=O)Nc2ccc(CCc4ccc(C(=O)O)cc4)cc2)CCCC3)c1)C1CC1)Cc1cccc(C(=O)O)c1.Cl.Cl. The summed E-state index contributed by atoms with van der Waals surface area (Å²) in [6, 6.07) is 30.0. The van der Waals surface area contributed by atoms with Crippen LogP contribution < -0.4 is 10.6 Å². The van der Waals surface area contributed by atoms with Crippen LogP contribution in [0.25, 0.3) is 0 Å². The van der Waals surface area contributed by atoms with Crippen molar-refractivity contribution in [3.05, 3.63) is 152 Å². The molecule has 59 heavy (non-hydrogen) atoms. The fourth-order valence-electron chi connectivity index (χ4n) is 7.49. The van der Waals surface area contributed by atoms with Gasteiger partial charge in [-0.25, -0.2) is 9.59 Å². The van der Waals surface area contributed by atoms with Gasteiger partial charge in [0.2, 0.25) is 0 Å². The maximum absolute atomic E-state index is 13.9. The molecule has 10 nitrogen and oxygen atoms in total. The van der Waals surface area contributed by atoms with Crippen LogP contribution in [-0.4, -0.2) is 69.9 Å². The van der Waals surface area contributed by atoms with Gasteiger partial charge < -0.3 is 25.7 Å². The molecule has 0 bridgehead atoms. The van der Waals surface area contributed by atoms with Crippen molar-refractivity contribution in [2.45, 2.75) is 70.5 Å². The summed E-state index contributed by atoms with van der Waals surface area (Å²) in [6.45, 7) is 3.04. The van der Waals surface area contributed by atoms with Crippen LogP contribution in [0, 0.1) is 0 Å². The summed E-state index contributed by atoms with van der Waals surface area (Å²) in [6.07, 6.45) is 7.58. The number of amides is 2. The fraction of sp³-hybridized carbons (Fsp3) is 0.304. The molecule has 1 aromatic heterocycles. The van der Waals surface area contributed by atoms with E-state index in [0.29, 0.717) is 46.5 Å². The van der Waals surface area contributed by atoms with E-state index in [1.165, 1.54) is 11.3 Å². The molecule has 2 aliphatic carbocycles. The molecule has 4 N–H and O–H groups in total. The Bertz CT molecular complexity index is 2260. The minimum atomic E-state index is -0.938. The van der Waals surface area contributed by atoms with E-state index in [1.807, 2.05) is 67.7 Å². The van der Waals surface area contributed by atoms with Gasteiger partial charge >= 0.3 is 11.9 Å². The van der Waals surface area contributed by atoms with E-state index in [-0.39, 0.29) is 42.2 Å². The van der Waals surface area contributed by atoms with Crippen LogP contribution in [0.15, 0.2) is 97.1 Å². The molecule has 0 atom stereocenters. The summed E-state index contributed by atoms with van der Waals surface area (Å²) in [5.74, 6) is -2.34. The number of thiophene rings is 1. The van der Waals surface area contributed by atoms with E-state index in [9.17, 15) is 24.3 Å². The van der Waals surface area contributed by atoms with Crippen LogP contribution in [0.4, 0.5) is 10.7 Å². The Kier molecular flexibility index (Phi) is 15.9. The zero-order chi connectivity index (χ0) is 39.9. The van der Waals surface area contributed by atoms with Crippen LogP contribution in [0.2, 0.25) is 0 Å². The number of aromatic carboxylic acids is 2. The third-order valence-electron chi connectivity index (χ3n) is 10.8. The molecule has 0 spiro atoms. The van der Waals surface area contributed by atoms with Crippen LogP contribution in [-0.2, 0) is 38.8 Å². The number of aryl methyl sites for hydroxylation is 3. The number of carboxylic acids is 2. The number of anilines is 2. The number of carbonyl (C=O) groups excluding carboxylic acids is 2. The molecular weight excluding hydrogens is 808 g/mol. The third-order valence-corrected chi connectivity index (χ3v) is 12.0.